The fourth-order valence-corrected chi connectivity index (χ4v) is 6.57. The molecule has 4 aliphatic rings. The Morgan fingerprint density at radius 1 is 1.09 bits per heavy atom. The zero-order valence-electron chi connectivity index (χ0n) is 14.6. The van der Waals surface area contributed by atoms with Crippen molar-refractivity contribution >= 4 is 5.78 Å². The molecule has 4 aliphatic carbocycles. The summed E-state index contributed by atoms with van der Waals surface area (Å²) < 4.78 is 16.4. The van der Waals surface area contributed by atoms with Crippen LogP contribution >= 0.6 is 0 Å². The van der Waals surface area contributed by atoms with Crippen LogP contribution in [0.25, 0.3) is 0 Å². The van der Waals surface area contributed by atoms with Gasteiger partial charge in [0.2, 0.25) is 0 Å². The average Bonchev–Trinajstić information content (AvgIpc) is 2.72. The van der Waals surface area contributed by atoms with E-state index in [9.17, 15) is 9.90 Å². The Morgan fingerprint density at radius 3 is 2.57 bits per heavy atom. The molecule has 128 valence electrons. The number of hydrogen-bond acceptors (Lipinski definition) is 2. The molecule has 23 heavy (non-hydrogen) atoms. The van der Waals surface area contributed by atoms with Gasteiger partial charge in [-0.3, -0.25) is 4.79 Å². The van der Waals surface area contributed by atoms with Crippen LogP contribution in [0.15, 0.2) is 12.2 Å². The van der Waals surface area contributed by atoms with E-state index in [2.05, 4.69) is 13.8 Å². The standard InChI is InChI=1S/C20H29FO2/c1-17-8-6-14(22)12-13(17)4-5-16-15-7-9-19(3,23)18(15,2)10-11-20(16,17)21/h10-11,13,15-16,23H,4-9,12H2,1-3H3/t13-,15?,16?,17?,18?,19-,20+/m1/s1. The number of aliphatic hydroxyl groups is 1. The van der Waals surface area contributed by atoms with Gasteiger partial charge in [-0.1, -0.05) is 26.0 Å². The number of halogens is 1. The van der Waals surface area contributed by atoms with Gasteiger partial charge in [0.1, 0.15) is 11.5 Å². The molecular weight excluding hydrogens is 291 g/mol. The van der Waals surface area contributed by atoms with Gasteiger partial charge in [-0.25, -0.2) is 4.39 Å². The molecule has 1 N–H and O–H groups in total. The Bertz CT molecular complexity index is 582. The number of Topliss-reactive ketones (excluding diaryl/α,β-unsaturated/α-hetero) is 1. The lowest BCUT2D eigenvalue weighted by Crippen LogP contribution is -2.62. The number of allylic oxidation sites excluding steroid dienone is 1. The van der Waals surface area contributed by atoms with Crippen molar-refractivity contribution in [3.05, 3.63) is 12.2 Å². The number of rotatable bonds is 0. The first-order chi connectivity index (χ1) is 10.6. The molecule has 7 atom stereocenters. The summed E-state index contributed by atoms with van der Waals surface area (Å²) in [5, 5.41) is 10.8. The van der Waals surface area contributed by atoms with E-state index in [0.717, 1.165) is 25.7 Å². The Labute approximate surface area is 138 Å². The van der Waals surface area contributed by atoms with Gasteiger partial charge < -0.3 is 5.11 Å². The maximum Gasteiger partial charge on any atom is 0.137 e. The third-order valence-corrected chi connectivity index (χ3v) is 8.57. The van der Waals surface area contributed by atoms with E-state index < -0.39 is 16.7 Å². The van der Waals surface area contributed by atoms with E-state index in [4.69, 9.17) is 0 Å². The lowest BCUT2D eigenvalue weighted by Gasteiger charge is -2.61. The summed E-state index contributed by atoms with van der Waals surface area (Å²) >= 11 is 0. The molecule has 0 bridgehead atoms. The van der Waals surface area contributed by atoms with E-state index in [1.807, 2.05) is 13.0 Å². The van der Waals surface area contributed by atoms with Crippen LogP contribution < -0.4 is 0 Å². The number of alkyl halides is 1. The summed E-state index contributed by atoms with van der Waals surface area (Å²) in [4.78, 5) is 11.9. The first-order valence-electron chi connectivity index (χ1n) is 9.27. The Kier molecular flexibility index (Phi) is 3.07. The second-order valence-electron chi connectivity index (χ2n) is 9.34. The molecule has 0 saturated heterocycles. The smallest absolute Gasteiger partial charge is 0.137 e. The van der Waals surface area contributed by atoms with E-state index in [1.54, 1.807) is 6.08 Å². The summed E-state index contributed by atoms with van der Waals surface area (Å²) in [7, 11) is 0. The van der Waals surface area contributed by atoms with Gasteiger partial charge in [-0.2, -0.15) is 0 Å². The van der Waals surface area contributed by atoms with Crippen molar-refractivity contribution in [2.24, 2.45) is 28.6 Å². The molecule has 2 nitrogen and oxygen atoms in total. The predicted molar refractivity (Wildman–Crippen MR) is 87.6 cm³/mol. The van der Waals surface area contributed by atoms with Crippen LogP contribution in [0, 0.1) is 28.6 Å². The van der Waals surface area contributed by atoms with Crippen LogP contribution in [0.1, 0.15) is 65.7 Å². The van der Waals surface area contributed by atoms with Crippen LogP contribution in [0.5, 0.6) is 0 Å². The van der Waals surface area contributed by atoms with Crippen molar-refractivity contribution in [1.82, 2.24) is 0 Å². The molecule has 0 aliphatic heterocycles. The molecule has 0 spiro atoms. The maximum absolute atomic E-state index is 16.4. The van der Waals surface area contributed by atoms with Gasteiger partial charge in [0.05, 0.1) is 5.60 Å². The highest BCUT2D eigenvalue weighted by Crippen LogP contribution is 2.68. The molecule has 0 aromatic heterocycles. The zero-order valence-corrected chi connectivity index (χ0v) is 14.6. The maximum atomic E-state index is 16.4. The number of carbonyl (C=O) groups is 1. The van der Waals surface area contributed by atoms with Crippen molar-refractivity contribution in [3.63, 3.8) is 0 Å². The summed E-state index contributed by atoms with van der Waals surface area (Å²) in [6.45, 7) is 6.10. The number of fused-ring (bicyclic) bond motifs is 5. The highest BCUT2D eigenvalue weighted by molar-refractivity contribution is 5.79. The van der Waals surface area contributed by atoms with Gasteiger partial charge in [0.15, 0.2) is 0 Å². The number of hydrogen-bond donors (Lipinski definition) is 1. The lowest BCUT2D eigenvalue weighted by atomic mass is 9.45. The van der Waals surface area contributed by atoms with Gasteiger partial charge >= 0.3 is 0 Å². The predicted octanol–water partition coefficient (Wildman–Crippen LogP) is 4.22. The highest BCUT2D eigenvalue weighted by Gasteiger charge is 2.68. The first kappa shape index (κ1) is 15.8. The van der Waals surface area contributed by atoms with Gasteiger partial charge in [0.25, 0.3) is 0 Å². The fraction of sp³-hybridized carbons (Fsp3) is 0.850. The average molecular weight is 320 g/mol. The van der Waals surface area contributed by atoms with Gasteiger partial charge in [-0.05, 0) is 50.9 Å². The monoisotopic (exact) mass is 320 g/mol. The first-order valence-corrected chi connectivity index (χ1v) is 9.27. The lowest BCUT2D eigenvalue weighted by molar-refractivity contribution is -0.158. The van der Waals surface area contributed by atoms with Crippen molar-refractivity contribution in [3.8, 4) is 0 Å². The molecule has 3 fully saturated rings. The third-order valence-electron chi connectivity index (χ3n) is 8.57. The van der Waals surface area contributed by atoms with Crippen LogP contribution in [0.3, 0.4) is 0 Å². The van der Waals surface area contributed by atoms with Gasteiger partial charge in [-0.15, -0.1) is 0 Å². The largest absolute Gasteiger partial charge is 0.389 e. The molecule has 0 aromatic rings. The van der Waals surface area contributed by atoms with Crippen molar-refractivity contribution in [2.45, 2.75) is 77.0 Å². The summed E-state index contributed by atoms with van der Waals surface area (Å²) in [6.07, 6.45) is 9.02. The highest BCUT2D eigenvalue weighted by atomic mass is 19.1. The number of carbonyl (C=O) groups excluding carboxylic acids is 1. The van der Waals surface area contributed by atoms with E-state index in [-0.39, 0.29) is 23.2 Å². The van der Waals surface area contributed by atoms with Crippen molar-refractivity contribution in [2.75, 3.05) is 0 Å². The molecule has 0 radical (unpaired) electrons. The molecule has 3 saturated carbocycles. The number of ketones is 1. The van der Waals surface area contributed by atoms with E-state index >= 15 is 4.39 Å². The topological polar surface area (TPSA) is 37.3 Å². The third kappa shape index (κ3) is 1.75. The summed E-state index contributed by atoms with van der Waals surface area (Å²) in [5.41, 5.74) is -2.80. The molecule has 0 heterocycles. The zero-order chi connectivity index (χ0) is 16.7. The van der Waals surface area contributed by atoms with E-state index in [1.165, 1.54) is 0 Å². The molecule has 0 aromatic carbocycles. The molecule has 0 amide bonds. The molecule has 4 rings (SSSR count). The van der Waals surface area contributed by atoms with Crippen LogP contribution in [0.2, 0.25) is 0 Å². The van der Waals surface area contributed by atoms with Crippen molar-refractivity contribution in [1.29, 1.82) is 0 Å². The quantitative estimate of drug-likeness (QED) is 0.679. The fourth-order valence-electron chi connectivity index (χ4n) is 6.57. The Morgan fingerprint density at radius 2 is 1.83 bits per heavy atom. The Hall–Kier alpha value is -0.700. The normalized spacial score (nSPS) is 58.5. The summed E-state index contributed by atoms with van der Waals surface area (Å²) in [6, 6.07) is 0. The second-order valence-corrected chi connectivity index (χ2v) is 9.34. The van der Waals surface area contributed by atoms with Crippen LogP contribution in [0.4, 0.5) is 4.39 Å². The van der Waals surface area contributed by atoms with Crippen molar-refractivity contribution < 1.29 is 14.3 Å². The van der Waals surface area contributed by atoms with Crippen LogP contribution in [-0.2, 0) is 4.79 Å². The molecular formula is C20H29FO2. The van der Waals surface area contributed by atoms with Gasteiger partial charge in [0, 0.05) is 29.6 Å². The Balaban J connectivity index is 1.79. The minimum absolute atomic E-state index is 0.0130. The molecule has 3 heteroatoms. The van der Waals surface area contributed by atoms with Crippen LogP contribution in [-0.4, -0.2) is 22.2 Å². The minimum Gasteiger partial charge on any atom is -0.389 e. The molecule has 4 unspecified atom stereocenters. The summed E-state index contributed by atoms with van der Waals surface area (Å²) in [5.74, 6) is 0.688. The SMILES string of the molecule is CC12C=C[C@]3(F)C(CC[C@@H]4CC(=O)CCC43C)C1CC[C@@]2(C)O. The minimum atomic E-state index is -1.32. The second kappa shape index (κ2) is 4.47. The van der Waals surface area contributed by atoms with E-state index in [0.29, 0.717) is 25.0 Å².